The van der Waals surface area contributed by atoms with E-state index in [2.05, 4.69) is 6.92 Å². The Labute approximate surface area is 206 Å². The molecule has 0 amide bonds. The van der Waals surface area contributed by atoms with Crippen LogP contribution < -0.4 is 0 Å². The van der Waals surface area contributed by atoms with E-state index in [9.17, 15) is 24.9 Å². The van der Waals surface area contributed by atoms with Gasteiger partial charge in [0.15, 0.2) is 5.78 Å². The van der Waals surface area contributed by atoms with Crippen LogP contribution in [-0.4, -0.2) is 62.2 Å². The number of hydrogen-bond donors (Lipinski definition) is 3. The molecule has 11 unspecified atom stereocenters. The van der Waals surface area contributed by atoms with Crippen molar-refractivity contribution in [1.82, 2.24) is 0 Å². The number of hydrogen-bond acceptors (Lipinski definition) is 7. The first-order valence-electron chi connectivity index (χ1n) is 13.2. The summed E-state index contributed by atoms with van der Waals surface area (Å²) in [4.78, 5) is 25.8. The molecule has 7 nitrogen and oxygen atoms in total. The molecule has 192 valence electrons. The molecule has 4 aliphatic carbocycles. The number of ketones is 1. The molecule has 0 aromatic carbocycles. The molecule has 0 radical (unpaired) electrons. The summed E-state index contributed by atoms with van der Waals surface area (Å²) in [7, 11) is 0. The molecule has 4 fully saturated rings. The quantitative estimate of drug-likeness (QED) is 0.406. The van der Waals surface area contributed by atoms with E-state index in [0.717, 1.165) is 18.4 Å². The number of esters is 1. The highest BCUT2D eigenvalue weighted by Crippen LogP contribution is 2.74. The van der Waals surface area contributed by atoms with Crippen molar-refractivity contribution in [2.45, 2.75) is 108 Å². The van der Waals surface area contributed by atoms with E-state index in [4.69, 9.17) is 9.47 Å². The standard InChI is InChI=1S/C28H38O7/c1-14-12-21(34-23(31)15(14)2)26(5,32)27(33)11-9-17-16-13-22-28(35-22)20(30)7-6-19(29)25(28,4)18(16)8-10-24(17,27)3/h6-7,16-18,20-22,30,32-33H,8-13H2,1-5H3. The number of allylic oxidation sites excluding steroid dienone is 1. The van der Waals surface area contributed by atoms with E-state index in [1.54, 1.807) is 19.9 Å². The first kappa shape index (κ1) is 23.8. The van der Waals surface area contributed by atoms with Gasteiger partial charge in [0, 0.05) is 17.4 Å². The lowest BCUT2D eigenvalue weighted by Crippen LogP contribution is -2.69. The van der Waals surface area contributed by atoms with Crippen LogP contribution in [0.25, 0.3) is 0 Å². The number of aliphatic hydroxyl groups is 3. The summed E-state index contributed by atoms with van der Waals surface area (Å²) >= 11 is 0. The maximum Gasteiger partial charge on any atom is 0.334 e. The van der Waals surface area contributed by atoms with Gasteiger partial charge in [0.05, 0.1) is 11.5 Å². The van der Waals surface area contributed by atoms with Crippen LogP contribution in [0, 0.1) is 28.6 Å². The van der Waals surface area contributed by atoms with Gasteiger partial charge in [-0.05, 0) is 89.7 Å². The van der Waals surface area contributed by atoms with Crippen molar-refractivity contribution in [1.29, 1.82) is 0 Å². The predicted octanol–water partition coefficient (Wildman–Crippen LogP) is 2.61. The van der Waals surface area contributed by atoms with Gasteiger partial charge in [0.1, 0.15) is 29.0 Å². The van der Waals surface area contributed by atoms with Crippen molar-refractivity contribution in [3.05, 3.63) is 23.3 Å². The number of rotatable bonds is 2. The van der Waals surface area contributed by atoms with Crippen LogP contribution in [0.5, 0.6) is 0 Å². The lowest BCUT2D eigenvalue weighted by Gasteiger charge is -2.60. The summed E-state index contributed by atoms with van der Waals surface area (Å²) in [5, 5.41) is 35.1. The lowest BCUT2D eigenvalue weighted by molar-refractivity contribution is -0.253. The Balaban J connectivity index is 1.35. The van der Waals surface area contributed by atoms with Crippen LogP contribution >= 0.6 is 0 Å². The second-order valence-electron chi connectivity index (χ2n) is 12.9. The molecule has 35 heavy (non-hydrogen) atoms. The smallest absolute Gasteiger partial charge is 0.334 e. The molecular weight excluding hydrogens is 448 g/mol. The fourth-order valence-corrected chi connectivity index (χ4v) is 9.48. The second kappa shape index (κ2) is 6.85. The third-order valence-electron chi connectivity index (χ3n) is 11.9. The molecular formula is C28H38O7. The Hall–Kier alpha value is -1.54. The summed E-state index contributed by atoms with van der Waals surface area (Å²) in [6, 6.07) is 0. The third kappa shape index (κ3) is 2.51. The Morgan fingerprint density at radius 1 is 1.11 bits per heavy atom. The molecule has 2 heterocycles. The molecule has 0 aromatic heterocycles. The number of fused-ring (bicyclic) bond motifs is 4. The van der Waals surface area contributed by atoms with Gasteiger partial charge in [-0.15, -0.1) is 0 Å². The van der Waals surface area contributed by atoms with E-state index < -0.39 is 45.8 Å². The van der Waals surface area contributed by atoms with Crippen molar-refractivity contribution < 1.29 is 34.4 Å². The second-order valence-corrected chi connectivity index (χ2v) is 12.9. The summed E-state index contributed by atoms with van der Waals surface area (Å²) in [5.41, 5.74) is -3.85. The SMILES string of the molecule is CC1=C(C)C(=O)OC(C(C)(O)C2(O)CCC3C4CC5OC56C(O)C=CC(=O)C6(C)C4CCC32C)C1. The third-order valence-corrected chi connectivity index (χ3v) is 11.9. The first-order chi connectivity index (χ1) is 16.3. The van der Waals surface area contributed by atoms with Gasteiger partial charge in [-0.3, -0.25) is 4.79 Å². The number of carbonyl (C=O) groups is 2. The van der Waals surface area contributed by atoms with E-state index in [1.165, 1.54) is 6.08 Å². The largest absolute Gasteiger partial charge is 0.455 e. The zero-order valence-corrected chi connectivity index (χ0v) is 21.3. The minimum atomic E-state index is -1.63. The lowest BCUT2D eigenvalue weighted by atomic mass is 9.43. The Morgan fingerprint density at radius 2 is 1.80 bits per heavy atom. The molecule has 11 atom stereocenters. The predicted molar refractivity (Wildman–Crippen MR) is 126 cm³/mol. The van der Waals surface area contributed by atoms with Gasteiger partial charge in [-0.1, -0.05) is 12.5 Å². The number of epoxide rings is 1. The molecule has 0 bridgehead atoms. The van der Waals surface area contributed by atoms with E-state index in [-0.39, 0.29) is 29.6 Å². The maximum atomic E-state index is 13.3. The van der Waals surface area contributed by atoms with Crippen LogP contribution in [0.1, 0.15) is 73.1 Å². The minimum absolute atomic E-state index is 0.0237. The van der Waals surface area contributed by atoms with Gasteiger partial charge >= 0.3 is 5.97 Å². The summed E-state index contributed by atoms with van der Waals surface area (Å²) in [6.45, 7) is 9.28. The summed E-state index contributed by atoms with van der Waals surface area (Å²) in [5.74, 6) is -0.138. The summed E-state index contributed by atoms with van der Waals surface area (Å²) in [6.07, 6.45) is 4.94. The molecule has 1 saturated heterocycles. The topological polar surface area (TPSA) is 117 Å². The molecule has 1 spiro atoms. The van der Waals surface area contributed by atoms with Crippen molar-refractivity contribution in [3.63, 3.8) is 0 Å². The molecule has 0 aromatic rings. The molecule has 3 saturated carbocycles. The molecule has 6 rings (SSSR count). The van der Waals surface area contributed by atoms with Crippen molar-refractivity contribution in [2.75, 3.05) is 0 Å². The fraction of sp³-hybridized carbons (Fsp3) is 0.786. The van der Waals surface area contributed by atoms with Crippen molar-refractivity contribution in [3.8, 4) is 0 Å². The normalized spacial score (nSPS) is 54.3. The van der Waals surface area contributed by atoms with Gasteiger partial charge < -0.3 is 24.8 Å². The van der Waals surface area contributed by atoms with Crippen LogP contribution in [0.4, 0.5) is 0 Å². The monoisotopic (exact) mass is 486 g/mol. The number of ether oxygens (including phenoxy) is 2. The minimum Gasteiger partial charge on any atom is -0.455 e. The molecule has 2 aliphatic heterocycles. The van der Waals surface area contributed by atoms with Crippen molar-refractivity contribution >= 4 is 11.8 Å². The zero-order valence-electron chi connectivity index (χ0n) is 21.3. The van der Waals surface area contributed by atoms with Crippen LogP contribution in [0.2, 0.25) is 0 Å². The number of cyclic esters (lactones) is 1. The fourth-order valence-electron chi connectivity index (χ4n) is 9.48. The van der Waals surface area contributed by atoms with Gasteiger partial charge in [0.25, 0.3) is 0 Å². The molecule has 7 heteroatoms. The average molecular weight is 487 g/mol. The highest BCUT2D eigenvalue weighted by molar-refractivity contribution is 5.98. The van der Waals surface area contributed by atoms with Crippen LogP contribution in [0.3, 0.4) is 0 Å². The number of carbonyl (C=O) groups excluding carboxylic acids is 2. The Bertz CT molecular complexity index is 1080. The summed E-state index contributed by atoms with van der Waals surface area (Å²) < 4.78 is 11.9. The van der Waals surface area contributed by atoms with Crippen LogP contribution in [0.15, 0.2) is 23.3 Å². The Kier molecular flexibility index (Phi) is 4.67. The molecule has 3 N–H and O–H groups in total. The Morgan fingerprint density at radius 3 is 2.49 bits per heavy atom. The van der Waals surface area contributed by atoms with Crippen LogP contribution in [-0.2, 0) is 19.1 Å². The zero-order chi connectivity index (χ0) is 25.3. The van der Waals surface area contributed by atoms with Gasteiger partial charge in [-0.25, -0.2) is 4.79 Å². The molecule has 6 aliphatic rings. The maximum absolute atomic E-state index is 13.3. The van der Waals surface area contributed by atoms with E-state index >= 15 is 0 Å². The highest BCUT2D eigenvalue weighted by Gasteiger charge is 2.81. The van der Waals surface area contributed by atoms with Crippen molar-refractivity contribution in [2.24, 2.45) is 28.6 Å². The first-order valence-corrected chi connectivity index (χ1v) is 13.2. The van der Waals surface area contributed by atoms with Gasteiger partial charge in [0.2, 0.25) is 0 Å². The average Bonchev–Trinajstić information content (AvgIpc) is 3.47. The highest BCUT2D eigenvalue weighted by atomic mass is 16.6. The number of aliphatic hydroxyl groups excluding tert-OH is 1. The van der Waals surface area contributed by atoms with E-state index in [1.807, 2.05) is 13.8 Å². The van der Waals surface area contributed by atoms with Gasteiger partial charge in [-0.2, -0.15) is 0 Å². The van der Waals surface area contributed by atoms with E-state index in [0.29, 0.717) is 31.3 Å².